The second kappa shape index (κ2) is 6.91. The average molecular weight is 310 g/mol. The maximum Gasteiger partial charge on any atom is 0.0701 e. The lowest BCUT2D eigenvalue weighted by molar-refractivity contribution is 0.276. The Morgan fingerprint density at radius 2 is 2.33 bits per heavy atom. The molecule has 0 amide bonds. The molecule has 86 valence electrons. The van der Waals surface area contributed by atoms with Crippen molar-refractivity contribution in [2.45, 2.75) is 24.8 Å². The molecular formula is C10H16BrNOS2. The van der Waals surface area contributed by atoms with Gasteiger partial charge in [-0.2, -0.15) is 11.8 Å². The van der Waals surface area contributed by atoms with Gasteiger partial charge in [0.1, 0.15) is 0 Å². The first kappa shape index (κ1) is 13.5. The first-order valence-corrected chi connectivity index (χ1v) is 7.68. The van der Waals surface area contributed by atoms with E-state index in [2.05, 4.69) is 40.3 Å². The van der Waals surface area contributed by atoms with Crippen molar-refractivity contribution >= 4 is 39.0 Å². The molecule has 0 aliphatic heterocycles. The fourth-order valence-corrected chi connectivity index (χ4v) is 3.36. The molecule has 0 saturated heterocycles. The average Bonchev–Trinajstić information content (AvgIpc) is 2.63. The SMILES string of the molecule is CSC(CO)C(C)NCc1ccc(Br)s1. The van der Waals surface area contributed by atoms with Crippen LogP contribution in [0.25, 0.3) is 0 Å². The van der Waals surface area contributed by atoms with E-state index in [-0.39, 0.29) is 11.9 Å². The Morgan fingerprint density at radius 1 is 1.60 bits per heavy atom. The molecule has 1 rings (SSSR count). The monoisotopic (exact) mass is 309 g/mol. The van der Waals surface area contributed by atoms with Crippen LogP contribution in [0.4, 0.5) is 0 Å². The van der Waals surface area contributed by atoms with Gasteiger partial charge in [-0.1, -0.05) is 0 Å². The zero-order valence-electron chi connectivity index (χ0n) is 8.87. The number of halogens is 1. The molecule has 0 saturated carbocycles. The maximum absolute atomic E-state index is 9.13. The van der Waals surface area contributed by atoms with Crippen molar-refractivity contribution in [2.24, 2.45) is 0 Å². The fourth-order valence-electron chi connectivity index (χ4n) is 1.28. The lowest BCUT2D eigenvalue weighted by Gasteiger charge is -2.20. The second-order valence-corrected chi connectivity index (χ2v) is 6.96. The standard InChI is InChI=1S/C10H16BrNOS2/c1-7(9(6-13)14-2)12-5-8-3-4-10(11)15-8/h3-4,7,9,12-13H,5-6H2,1-2H3. The maximum atomic E-state index is 9.13. The summed E-state index contributed by atoms with van der Waals surface area (Å²) < 4.78 is 1.16. The van der Waals surface area contributed by atoms with Crippen molar-refractivity contribution in [3.8, 4) is 0 Å². The fraction of sp³-hybridized carbons (Fsp3) is 0.600. The van der Waals surface area contributed by atoms with E-state index in [0.29, 0.717) is 6.04 Å². The molecule has 1 aromatic rings. The second-order valence-electron chi connectivity index (χ2n) is 3.33. The number of thiophene rings is 1. The van der Waals surface area contributed by atoms with Gasteiger partial charge in [-0.25, -0.2) is 0 Å². The van der Waals surface area contributed by atoms with E-state index in [1.54, 1.807) is 23.1 Å². The topological polar surface area (TPSA) is 32.3 Å². The lowest BCUT2D eigenvalue weighted by atomic mass is 10.2. The van der Waals surface area contributed by atoms with Crippen molar-refractivity contribution in [1.82, 2.24) is 5.32 Å². The Labute approximate surface area is 108 Å². The summed E-state index contributed by atoms with van der Waals surface area (Å²) >= 11 is 6.88. The minimum Gasteiger partial charge on any atom is -0.395 e. The van der Waals surface area contributed by atoms with E-state index in [1.165, 1.54) is 4.88 Å². The Balaban J connectivity index is 2.36. The van der Waals surface area contributed by atoms with Crippen LogP contribution in [0.3, 0.4) is 0 Å². The molecule has 5 heteroatoms. The van der Waals surface area contributed by atoms with Gasteiger partial charge in [-0.05, 0) is 41.2 Å². The number of aliphatic hydroxyl groups is 1. The number of nitrogens with one attached hydrogen (secondary N) is 1. The molecule has 2 nitrogen and oxygen atoms in total. The molecule has 0 radical (unpaired) electrons. The van der Waals surface area contributed by atoms with Gasteiger partial charge in [-0.15, -0.1) is 11.3 Å². The van der Waals surface area contributed by atoms with E-state index in [0.717, 1.165) is 10.3 Å². The summed E-state index contributed by atoms with van der Waals surface area (Å²) in [4.78, 5) is 1.31. The predicted molar refractivity (Wildman–Crippen MR) is 72.7 cm³/mol. The molecule has 0 bridgehead atoms. The van der Waals surface area contributed by atoms with Crippen LogP contribution >= 0.6 is 39.0 Å². The van der Waals surface area contributed by atoms with E-state index in [1.807, 2.05) is 6.26 Å². The van der Waals surface area contributed by atoms with Gasteiger partial charge in [-0.3, -0.25) is 0 Å². The molecular weight excluding hydrogens is 294 g/mol. The van der Waals surface area contributed by atoms with Gasteiger partial charge in [0.15, 0.2) is 0 Å². The molecule has 0 spiro atoms. The van der Waals surface area contributed by atoms with Crippen molar-refractivity contribution < 1.29 is 5.11 Å². The van der Waals surface area contributed by atoms with Crippen LogP contribution < -0.4 is 5.32 Å². The Kier molecular flexibility index (Phi) is 6.23. The van der Waals surface area contributed by atoms with Crippen molar-refractivity contribution in [3.63, 3.8) is 0 Å². The zero-order chi connectivity index (χ0) is 11.3. The zero-order valence-corrected chi connectivity index (χ0v) is 12.1. The first-order chi connectivity index (χ1) is 7.17. The molecule has 0 aliphatic rings. The van der Waals surface area contributed by atoms with Crippen molar-refractivity contribution in [1.29, 1.82) is 0 Å². The number of rotatable bonds is 6. The van der Waals surface area contributed by atoms with Gasteiger partial charge in [0.25, 0.3) is 0 Å². The molecule has 2 atom stereocenters. The highest BCUT2D eigenvalue weighted by Gasteiger charge is 2.14. The minimum atomic E-state index is 0.226. The first-order valence-electron chi connectivity index (χ1n) is 4.78. The van der Waals surface area contributed by atoms with E-state index < -0.39 is 0 Å². The molecule has 2 unspecified atom stereocenters. The highest BCUT2D eigenvalue weighted by atomic mass is 79.9. The van der Waals surface area contributed by atoms with Crippen LogP contribution in [0.15, 0.2) is 15.9 Å². The predicted octanol–water partition coefficient (Wildman–Crippen LogP) is 2.71. The highest BCUT2D eigenvalue weighted by Crippen LogP contribution is 2.22. The summed E-state index contributed by atoms with van der Waals surface area (Å²) in [5.74, 6) is 0. The summed E-state index contributed by atoms with van der Waals surface area (Å²) in [6, 6.07) is 4.50. The van der Waals surface area contributed by atoms with Crippen LogP contribution in [0.5, 0.6) is 0 Å². The number of hydrogen-bond donors (Lipinski definition) is 2. The summed E-state index contributed by atoms with van der Waals surface area (Å²) in [6.45, 7) is 3.21. The molecule has 2 N–H and O–H groups in total. The van der Waals surface area contributed by atoms with E-state index in [9.17, 15) is 0 Å². The third-order valence-corrected chi connectivity index (χ3v) is 5.05. The van der Waals surface area contributed by atoms with Gasteiger partial charge >= 0.3 is 0 Å². The Bertz CT molecular complexity index is 289. The summed E-state index contributed by atoms with van der Waals surface area (Å²) in [5, 5.41) is 12.8. The highest BCUT2D eigenvalue weighted by molar-refractivity contribution is 9.11. The van der Waals surface area contributed by atoms with Gasteiger partial charge in [0, 0.05) is 22.7 Å². The number of hydrogen-bond acceptors (Lipinski definition) is 4. The number of aliphatic hydroxyl groups excluding tert-OH is 1. The van der Waals surface area contributed by atoms with Gasteiger partial charge in [0.05, 0.1) is 10.4 Å². The quantitative estimate of drug-likeness (QED) is 0.847. The van der Waals surface area contributed by atoms with Crippen LogP contribution in [-0.4, -0.2) is 29.3 Å². The van der Waals surface area contributed by atoms with E-state index in [4.69, 9.17) is 5.11 Å². The van der Waals surface area contributed by atoms with Crippen LogP contribution in [-0.2, 0) is 6.54 Å². The van der Waals surface area contributed by atoms with Crippen LogP contribution in [0.2, 0.25) is 0 Å². The summed E-state index contributed by atoms with van der Waals surface area (Å²) in [7, 11) is 0. The molecule has 1 aromatic heterocycles. The molecule has 15 heavy (non-hydrogen) atoms. The van der Waals surface area contributed by atoms with Gasteiger partial charge in [0.2, 0.25) is 0 Å². The van der Waals surface area contributed by atoms with Crippen molar-refractivity contribution in [3.05, 3.63) is 20.8 Å². The Morgan fingerprint density at radius 3 is 2.80 bits per heavy atom. The molecule has 0 aromatic carbocycles. The normalized spacial score (nSPS) is 15.2. The van der Waals surface area contributed by atoms with Crippen molar-refractivity contribution in [2.75, 3.05) is 12.9 Å². The third kappa shape index (κ3) is 4.44. The largest absolute Gasteiger partial charge is 0.395 e. The van der Waals surface area contributed by atoms with E-state index >= 15 is 0 Å². The summed E-state index contributed by atoms with van der Waals surface area (Å²) in [5.41, 5.74) is 0. The van der Waals surface area contributed by atoms with Crippen LogP contribution in [0.1, 0.15) is 11.8 Å². The Hall–Kier alpha value is 0.450. The minimum absolute atomic E-state index is 0.226. The lowest BCUT2D eigenvalue weighted by Crippen LogP contribution is -2.36. The van der Waals surface area contributed by atoms with Gasteiger partial charge < -0.3 is 10.4 Å². The third-order valence-electron chi connectivity index (χ3n) is 2.27. The summed E-state index contributed by atoms with van der Waals surface area (Å²) in [6.07, 6.45) is 2.03. The molecule has 0 aliphatic carbocycles. The molecule has 1 heterocycles. The smallest absolute Gasteiger partial charge is 0.0701 e. The molecule has 0 fully saturated rings. The van der Waals surface area contributed by atoms with Crippen LogP contribution in [0, 0.1) is 0 Å². The number of thioether (sulfide) groups is 1.